The number of rotatable bonds is 3. The predicted molar refractivity (Wildman–Crippen MR) is 60.4 cm³/mol. The van der Waals surface area contributed by atoms with Gasteiger partial charge in [-0.3, -0.25) is 0 Å². The normalized spacial score (nSPS) is 11.6. The maximum Gasteiger partial charge on any atom is 0.150 e. The second kappa shape index (κ2) is 4.22. The first-order valence-corrected chi connectivity index (χ1v) is 5.16. The van der Waals surface area contributed by atoms with E-state index in [0.29, 0.717) is 17.4 Å². The van der Waals surface area contributed by atoms with Gasteiger partial charge in [0.1, 0.15) is 11.6 Å². The first kappa shape index (κ1) is 11.1. The van der Waals surface area contributed by atoms with Gasteiger partial charge in [-0.1, -0.05) is 0 Å². The molecule has 86 valence electrons. The zero-order chi connectivity index (χ0) is 11.7. The van der Waals surface area contributed by atoms with Crippen LogP contribution < -0.4 is 0 Å². The van der Waals surface area contributed by atoms with Crippen LogP contribution in [0.2, 0.25) is 0 Å². The second-order valence-corrected chi connectivity index (χ2v) is 4.14. The van der Waals surface area contributed by atoms with E-state index in [1.807, 2.05) is 23.6 Å². The van der Waals surface area contributed by atoms with Crippen LogP contribution in [-0.4, -0.2) is 30.1 Å². The van der Waals surface area contributed by atoms with E-state index < -0.39 is 11.6 Å². The van der Waals surface area contributed by atoms with Crippen molar-refractivity contribution >= 4 is 10.9 Å². The number of aromatic nitrogens is 1. The van der Waals surface area contributed by atoms with Crippen LogP contribution in [0.4, 0.5) is 8.78 Å². The zero-order valence-corrected chi connectivity index (χ0v) is 9.37. The summed E-state index contributed by atoms with van der Waals surface area (Å²) in [7, 11) is 3.92. The molecule has 0 saturated heterocycles. The molecule has 1 aromatic heterocycles. The van der Waals surface area contributed by atoms with E-state index in [9.17, 15) is 8.78 Å². The smallest absolute Gasteiger partial charge is 0.150 e. The van der Waals surface area contributed by atoms with Gasteiger partial charge in [0.2, 0.25) is 0 Å². The Morgan fingerprint density at radius 3 is 2.69 bits per heavy atom. The van der Waals surface area contributed by atoms with Crippen LogP contribution in [0.3, 0.4) is 0 Å². The number of halogens is 2. The maximum absolute atomic E-state index is 13.6. The SMILES string of the molecule is CN(C)CCn1ccc2cc(F)cc(F)c21. The third-order valence-corrected chi connectivity index (χ3v) is 2.57. The summed E-state index contributed by atoms with van der Waals surface area (Å²) in [6, 6.07) is 4.01. The van der Waals surface area contributed by atoms with Crippen LogP contribution in [0, 0.1) is 11.6 Å². The van der Waals surface area contributed by atoms with Crippen LogP contribution >= 0.6 is 0 Å². The number of nitrogens with zero attached hydrogens (tertiary/aromatic N) is 2. The van der Waals surface area contributed by atoms with Crippen LogP contribution in [0.1, 0.15) is 0 Å². The van der Waals surface area contributed by atoms with Crippen molar-refractivity contribution in [1.82, 2.24) is 9.47 Å². The maximum atomic E-state index is 13.6. The molecule has 0 N–H and O–H groups in total. The van der Waals surface area contributed by atoms with E-state index in [2.05, 4.69) is 0 Å². The molecule has 2 nitrogen and oxygen atoms in total. The fraction of sp³-hybridized carbons (Fsp3) is 0.333. The first-order chi connectivity index (χ1) is 7.58. The van der Waals surface area contributed by atoms with Crippen molar-refractivity contribution in [3.63, 3.8) is 0 Å². The highest BCUT2D eigenvalue weighted by molar-refractivity contribution is 5.80. The molecule has 0 aliphatic heterocycles. The van der Waals surface area contributed by atoms with E-state index in [0.717, 1.165) is 12.6 Å². The Morgan fingerprint density at radius 1 is 1.25 bits per heavy atom. The highest BCUT2D eigenvalue weighted by atomic mass is 19.1. The molecule has 0 bridgehead atoms. The molecule has 0 fully saturated rings. The zero-order valence-electron chi connectivity index (χ0n) is 9.37. The Hall–Kier alpha value is -1.42. The van der Waals surface area contributed by atoms with E-state index in [1.165, 1.54) is 6.07 Å². The summed E-state index contributed by atoms with van der Waals surface area (Å²) in [5.41, 5.74) is 0.475. The van der Waals surface area contributed by atoms with E-state index in [1.54, 1.807) is 12.3 Å². The molecule has 4 heteroatoms. The van der Waals surface area contributed by atoms with Crippen molar-refractivity contribution in [2.75, 3.05) is 20.6 Å². The van der Waals surface area contributed by atoms with E-state index in [4.69, 9.17) is 0 Å². The lowest BCUT2D eigenvalue weighted by Gasteiger charge is -2.11. The Morgan fingerprint density at radius 2 is 2.00 bits per heavy atom. The van der Waals surface area contributed by atoms with Gasteiger partial charge in [-0.15, -0.1) is 0 Å². The molecule has 0 atom stereocenters. The molecule has 2 rings (SSSR count). The highest BCUT2D eigenvalue weighted by Gasteiger charge is 2.08. The summed E-state index contributed by atoms with van der Waals surface area (Å²) in [4.78, 5) is 2.02. The summed E-state index contributed by atoms with van der Waals surface area (Å²) < 4.78 is 28.4. The quantitative estimate of drug-likeness (QED) is 0.777. The highest BCUT2D eigenvalue weighted by Crippen LogP contribution is 2.20. The molecular weight excluding hydrogens is 210 g/mol. The molecule has 2 aromatic rings. The summed E-state index contributed by atoms with van der Waals surface area (Å²) in [6.45, 7) is 1.51. The Kier molecular flexibility index (Phi) is 2.92. The minimum absolute atomic E-state index is 0.475. The van der Waals surface area contributed by atoms with Gasteiger partial charge in [0.15, 0.2) is 0 Å². The lowest BCUT2D eigenvalue weighted by molar-refractivity contribution is 0.386. The first-order valence-electron chi connectivity index (χ1n) is 5.16. The van der Waals surface area contributed by atoms with Crippen LogP contribution in [0.15, 0.2) is 24.4 Å². The fourth-order valence-electron chi connectivity index (χ4n) is 1.75. The summed E-state index contributed by atoms with van der Waals surface area (Å²) in [5, 5.41) is 0.608. The molecule has 0 radical (unpaired) electrons. The summed E-state index contributed by atoms with van der Waals surface area (Å²) in [6.07, 6.45) is 1.79. The molecule has 0 saturated carbocycles. The van der Waals surface area contributed by atoms with Gasteiger partial charge in [-0.05, 0) is 26.2 Å². The molecule has 1 aromatic carbocycles. The second-order valence-electron chi connectivity index (χ2n) is 4.14. The monoisotopic (exact) mass is 224 g/mol. The molecule has 1 heterocycles. The molecule has 0 aliphatic carbocycles. The molecular formula is C12H14F2N2. The average Bonchev–Trinajstić information content (AvgIpc) is 2.57. The number of likely N-dealkylation sites (N-methyl/N-ethyl adjacent to an activating group) is 1. The van der Waals surface area contributed by atoms with Crippen LogP contribution in [-0.2, 0) is 6.54 Å². The van der Waals surface area contributed by atoms with Crippen molar-refractivity contribution in [1.29, 1.82) is 0 Å². The van der Waals surface area contributed by atoms with Gasteiger partial charge in [0.25, 0.3) is 0 Å². The van der Waals surface area contributed by atoms with Gasteiger partial charge in [-0.2, -0.15) is 0 Å². The van der Waals surface area contributed by atoms with Crippen molar-refractivity contribution < 1.29 is 8.78 Å². The Labute approximate surface area is 93.1 Å². The standard InChI is InChI=1S/C12H14F2N2/c1-15(2)5-6-16-4-3-9-7-10(13)8-11(14)12(9)16/h3-4,7-8H,5-6H2,1-2H3. The number of benzene rings is 1. The van der Waals surface area contributed by atoms with Crippen molar-refractivity contribution in [3.8, 4) is 0 Å². The third-order valence-electron chi connectivity index (χ3n) is 2.57. The lowest BCUT2D eigenvalue weighted by atomic mass is 10.2. The van der Waals surface area contributed by atoms with Gasteiger partial charge >= 0.3 is 0 Å². The average molecular weight is 224 g/mol. The molecule has 0 amide bonds. The third kappa shape index (κ3) is 2.07. The summed E-state index contributed by atoms with van der Waals surface area (Å²) >= 11 is 0. The number of hydrogen-bond acceptors (Lipinski definition) is 1. The van der Waals surface area contributed by atoms with Gasteiger partial charge in [0.05, 0.1) is 5.52 Å². The van der Waals surface area contributed by atoms with E-state index >= 15 is 0 Å². The van der Waals surface area contributed by atoms with Crippen LogP contribution in [0.25, 0.3) is 10.9 Å². The number of fused-ring (bicyclic) bond motifs is 1. The molecule has 0 unspecified atom stereocenters. The Balaban J connectivity index is 2.40. The van der Waals surface area contributed by atoms with Gasteiger partial charge in [-0.25, -0.2) is 8.78 Å². The van der Waals surface area contributed by atoms with E-state index in [-0.39, 0.29) is 0 Å². The molecule has 16 heavy (non-hydrogen) atoms. The molecule has 0 spiro atoms. The van der Waals surface area contributed by atoms with Crippen molar-refractivity contribution in [2.24, 2.45) is 0 Å². The van der Waals surface area contributed by atoms with Crippen LogP contribution in [0.5, 0.6) is 0 Å². The van der Waals surface area contributed by atoms with Crippen molar-refractivity contribution in [3.05, 3.63) is 36.0 Å². The number of hydrogen-bond donors (Lipinski definition) is 0. The summed E-state index contributed by atoms with van der Waals surface area (Å²) in [5.74, 6) is -1.03. The predicted octanol–water partition coefficient (Wildman–Crippen LogP) is 2.48. The van der Waals surface area contributed by atoms with Gasteiger partial charge in [0, 0.05) is 30.7 Å². The molecule has 0 aliphatic rings. The Bertz CT molecular complexity index is 503. The lowest BCUT2D eigenvalue weighted by Crippen LogP contribution is -2.18. The largest absolute Gasteiger partial charge is 0.344 e. The fourth-order valence-corrected chi connectivity index (χ4v) is 1.75. The van der Waals surface area contributed by atoms with Gasteiger partial charge < -0.3 is 9.47 Å². The minimum Gasteiger partial charge on any atom is -0.344 e. The minimum atomic E-state index is -0.532. The van der Waals surface area contributed by atoms with Crippen molar-refractivity contribution in [2.45, 2.75) is 6.54 Å². The topological polar surface area (TPSA) is 8.17 Å².